The van der Waals surface area contributed by atoms with Crippen LogP contribution >= 0.6 is 0 Å². The number of hydrogen-bond donors (Lipinski definition) is 1. The van der Waals surface area contributed by atoms with Crippen molar-refractivity contribution in [2.24, 2.45) is 13.0 Å². The Kier molecular flexibility index (Phi) is 7.78. The summed E-state index contributed by atoms with van der Waals surface area (Å²) in [5.74, 6) is -2.29. The molecule has 1 saturated heterocycles. The lowest BCUT2D eigenvalue weighted by molar-refractivity contribution is -0.138. The predicted molar refractivity (Wildman–Crippen MR) is 126 cm³/mol. The monoisotopic (exact) mass is 473 g/mol. The smallest absolute Gasteiger partial charge is 0.250 e. The normalized spacial score (nSPS) is 20.4. The standard InChI is InChI=1S/C26H33F2N3O3/c1-30-10-8-18(14-24(30)32)21-7-9-29-15-22(21)26(33)31(20-5-6-20)16-19-12-17(4-3-11-34-2)13-23(27)25(19)28/h8,10,12-14,20-22,29H,3-7,9,11,15-16H2,1-2H3/t21-,22?/m1/s1. The number of carbonyl (C=O) groups excluding carboxylic acids is 1. The Labute approximate surface area is 198 Å². The van der Waals surface area contributed by atoms with E-state index in [1.54, 1.807) is 37.4 Å². The quantitative estimate of drug-likeness (QED) is 0.569. The summed E-state index contributed by atoms with van der Waals surface area (Å²) in [6.45, 7) is 1.84. The van der Waals surface area contributed by atoms with Gasteiger partial charge in [-0.3, -0.25) is 9.59 Å². The van der Waals surface area contributed by atoms with Crippen LogP contribution in [0.3, 0.4) is 0 Å². The van der Waals surface area contributed by atoms with Crippen LogP contribution in [0.25, 0.3) is 0 Å². The molecule has 0 radical (unpaired) electrons. The lowest BCUT2D eigenvalue weighted by Crippen LogP contribution is -2.47. The van der Waals surface area contributed by atoms with Gasteiger partial charge >= 0.3 is 0 Å². The summed E-state index contributed by atoms with van der Waals surface area (Å²) >= 11 is 0. The summed E-state index contributed by atoms with van der Waals surface area (Å²) in [5, 5.41) is 3.30. The summed E-state index contributed by atoms with van der Waals surface area (Å²) in [5.41, 5.74) is 1.66. The van der Waals surface area contributed by atoms with Gasteiger partial charge in [0.05, 0.1) is 5.92 Å². The third kappa shape index (κ3) is 5.55. The molecular weight excluding hydrogens is 440 g/mol. The molecule has 2 heterocycles. The van der Waals surface area contributed by atoms with Gasteiger partial charge in [0.25, 0.3) is 5.56 Å². The number of carbonyl (C=O) groups is 1. The Hall–Kier alpha value is -2.58. The number of aryl methyl sites for hydroxylation is 2. The van der Waals surface area contributed by atoms with E-state index >= 15 is 0 Å². The molecule has 4 rings (SSSR count). The number of halogens is 2. The van der Waals surface area contributed by atoms with Gasteiger partial charge in [0, 0.05) is 57.7 Å². The Balaban J connectivity index is 1.58. The van der Waals surface area contributed by atoms with Crippen molar-refractivity contribution in [2.45, 2.75) is 50.6 Å². The van der Waals surface area contributed by atoms with Gasteiger partial charge in [0.1, 0.15) is 0 Å². The van der Waals surface area contributed by atoms with Crippen LogP contribution < -0.4 is 10.9 Å². The van der Waals surface area contributed by atoms with Crippen LogP contribution in [-0.2, 0) is 29.5 Å². The maximum absolute atomic E-state index is 14.8. The number of rotatable bonds is 9. The molecular formula is C26H33F2N3O3. The van der Waals surface area contributed by atoms with E-state index in [1.807, 2.05) is 6.07 Å². The number of benzene rings is 1. The molecule has 0 spiro atoms. The van der Waals surface area contributed by atoms with Gasteiger partial charge in [-0.1, -0.05) is 6.07 Å². The van der Waals surface area contributed by atoms with Crippen LogP contribution in [0.4, 0.5) is 8.78 Å². The highest BCUT2D eigenvalue weighted by atomic mass is 19.2. The second-order valence-electron chi connectivity index (χ2n) is 9.46. The van der Waals surface area contributed by atoms with Crippen LogP contribution in [0.1, 0.15) is 48.3 Å². The van der Waals surface area contributed by atoms with Crippen molar-refractivity contribution in [3.8, 4) is 0 Å². The first-order valence-electron chi connectivity index (χ1n) is 12.0. The molecule has 1 unspecified atom stereocenters. The topological polar surface area (TPSA) is 63.6 Å². The Morgan fingerprint density at radius 1 is 1.24 bits per heavy atom. The van der Waals surface area contributed by atoms with Gasteiger partial charge in [-0.25, -0.2) is 8.78 Å². The van der Waals surface area contributed by atoms with E-state index in [-0.39, 0.29) is 41.5 Å². The zero-order valence-electron chi connectivity index (χ0n) is 19.9. The summed E-state index contributed by atoms with van der Waals surface area (Å²) in [6, 6.07) is 6.45. The van der Waals surface area contributed by atoms with Crippen LogP contribution in [-0.4, -0.2) is 48.2 Å². The highest BCUT2D eigenvalue weighted by molar-refractivity contribution is 5.81. The van der Waals surface area contributed by atoms with Crippen molar-refractivity contribution >= 4 is 5.91 Å². The molecule has 1 N–H and O–H groups in total. The average Bonchev–Trinajstić information content (AvgIpc) is 3.67. The maximum atomic E-state index is 14.8. The number of pyridine rings is 1. The average molecular weight is 474 g/mol. The lowest BCUT2D eigenvalue weighted by atomic mass is 9.80. The molecule has 8 heteroatoms. The van der Waals surface area contributed by atoms with Gasteiger partial charge in [-0.15, -0.1) is 0 Å². The molecule has 1 aliphatic carbocycles. The molecule has 1 amide bonds. The van der Waals surface area contributed by atoms with Crippen LogP contribution in [0.5, 0.6) is 0 Å². The maximum Gasteiger partial charge on any atom is 0.250 e. The second kappa shape index (κ2) is 10.8. The molecule has 2 aliphatic rings. The van der Waals surface area contributed by atoms with Crippen molar-refractivity contribution in [3.63, 3.8) is 0 Å². The van der Waals surface area contributed by atoms with E-state index < -0.39 is 11.6 Å². The minimum Gasteiger partial charge on any atom is -0.385 e. The van der Waals surface area contributed by atoms with E-state index in [1.165, 1.54) is 10.6 Å². The summed E-state index contributed by atoms with van der Waals surface area (Å²) in [4.78, 5) is 27.7. The molecule has 1 aliphatic heterocycles. The van der Waals surface area contributed by atoms with E-state index in [0.29, 0.717) is 31.6 Å². The van der Waals surface area contributed by atoms with Crippen LogP contribution in [0, 0.1) is 17.6 Å². The summed E-state index contributed by atoms with van der Waals surface area (Å²) < 4.78 is 35.7. The third-order valence-corrected chi connectivity index (χ3v) is 6.94. The molecule has 6 nitrogen and oxygen atoms in total. The van der Waals surface area contributed by atoms with Gasteiger partial charge in [0.15, 0.2) is 11.6 Å². The minimum atomic E-state index is -0.890. The van der Waals surface area contributed by atoms with Gasteiger partial charge in [-0.05, 0) is 67.8 Å². The van der Waals surface area contributed by atoms with Gasteiger partial charge < -0.3 is 19.5 Å². The first-order valence-corrected chi connectivity index (χ1v) is 12.0. The number of nitrogens with zero attached hydrogens (tertiary/aromatic N) is 2. The number of nitrogens with one attached hydrogen (secondary N) is 1. The SMILES string of the molecule is COCCCc1cc(F)c(F)c(CN(C(=O)C2CNCC[C@@H]2c2ccn(C)c(=O)c2)C2CC2)c1. The number of methoxy groups -OCH3 is 1. The molecule has 1 aromatic heterocycles. The fraction of sp³-hybridized carbons (Fsp3) is 0.538. The molecule has 1 saturated carbocycles. The lowest BCUT2D eigenvalue weighted by Gasteiger charge is -2.36. The number of aromatic nitrogens is 1. The van der Waals surface area contributed by atoms with Crippen molar-refractivity contribution in [1.29, 1.82) is 0 Å². The van der Waals surface area contributed by atoms with Crippen molar-refractivity contribution < 1.29 is 18.3 Å². The Bertz CT molecular complexity index is 1080. The number of hydrogen-bond acceptors (Lipinski definition) is 4. The highest BCUT2D eigenvalue weighted by Gasteiger charge is 2.40. The van der Waals surface area contributed by atoms with Crippen LogP contribution in [0.2, 0.25) is 0 Å². The van der Waals surface area contributed by atoms with E-state index in [0.717, 1.165) is 31.4 Å². The van der Waals surface area contributed by atoms with Crippen LogP contribution in [0.15, 0.2) is 35.3 Å². The van der Waals surface area contributed by atoms with Crippen molar-refractivity contribution in [1.82, 2.24) is 14.8 Å². The third-order valence-electron chi connectivity index (χ3n) is 6.94. The molecule has 0 bridgehead atoms. The molecule has 184 valence electrons. The number of amides is 1. The van der Waals surface area contributed by atoms with Crippen molar-refractivity contribution in [3.05, 3.63) is 69.1 Å². The summed E-state index contributed by atoms with van der Waals surface area (Å²) in [7, 11) is 3.31. The van der Waals surface area contributed by atoms with Gasteiger partial charge in [0.2, 0.25) is 5.91 Å². The number of ether oxygens (including phenoxy) is 1. The predicted octanol–water partition coefficient (Wildman–Crippen LogP) is 3.13. The second-order valence-corrected chi connectivity index (χ2v) is 9.46. The van der Waals surface area contributed by atoms with E-state index in [4.69, 9.17) is 4.74 Å². The molecule has 2 fully saturated rings. The fourth-order valence-corrected chi connectivity index (χ4v) is 4.87. The zero-order chi connectivity index (χ0) is 24.2. The largest absolute Gasteiger partial charge is 0.385 e. The molecule has 2 atom stereocenters. The zero-order valence-corrected chi connectivity index (χ0v) is 19.9. The molecule has 2 aromatic rings. The van der Waals surface area contributed by atoms with E-state index in [9.17, 15) is 18.4 Å². The van der Waals surface area contributed by atoms with Crippen molar-refractivity contribution in [2.75, 3.05) is 26.8 Å². The summed E-state index contributed by atoms with van der Waals surface area (Å²) in [6.07, 6.45) is 5.47. The fourth-order valence-electron chi connectivity index (χ4n) is 4.87. The highest BCUT2D eigenvalue weighted by Crippen LogP contribution is 2.36. The Morgan fingerprint density at radius 2 is 2.03 bits per heavy atom. The first kappa shape index (κ1) is 24.5. The molecule has 34 heavy (non-hydrogen) atoms. The first-order chi connectivity index (χ1) is 16.4. The Morgan fingerprint density at radius 3 is 2.74 bits per heavy atom. The molecule has 1 aromatic carbocycles. The van der Waals surface area contributed by atoms with E-state index in [2.05, 4.69) is 5.32 Å². The van der Waals surface area contributed by atoms with Gasteiger partial charge in [-0.2, -0.15) is 0 Å². The number of piperidine rings is 1. The minimum absolute atomic E-state index is 0.0401.